The van der Waals surface area contributed by atoms with Crippen molar-refractivity contribution >= 4 is 6.01 Å². The molecule has 2 rings (SSSR count). The van der Waals surface area contributed by atoms with Crippen LogP contribution < -0.4 is 10.6 Å². The van der Waals surface area contributed by atoms with Crippen LogP contribution in [0.2, 0.25) is 0 Å². The Morgan fingerprint density at radius 1 is 1.16 bits per heavy atom. The Morgan fingerprint density at radius 3 is 2.63 bits per heavy atom. The van der Waals surface area contributed by atoms with Crippen molar-refractivity contribution in [2.45, 2.75) is 65.0 Å². The number of hydrogen-bond acceptors (Lipinski definition) is 5. The fourth-order valence-corrected chi connectivity index (χ4v) is 2.65. The number of aromatic nitrogens is 2. The first-order valence-electron chi connectivity index (χ1n) is 7.61. The van der Waals surface area contributed by atoms with Crippen molar-refractivity contribution in [3.63, 3.8) is 0 Å². The molecule has 1 heterocycles. The van der Waals surface area contributed by atoms with Gasteiger partial charge in [-0.25, -0.2) is 0 Å². The Labute approximate surface area is 115 Å². The number of hydrogen-bond donors (Lipinski definition) is 2. The van der Waals surface area contributed by atoms with Crippen LogP contribution >= 0.6 is 0 Å². The molecule has 1 aromatic rings. The summed E-state index contributed by atoms with van der Waals surface area (Å²) in [7, 11) is 0. The first-order chi connectivity index (χ1) is 9.31. The zero-order valence-electron chi connectivity index (χ0n) is 12.1. The average Bonchev–Trinajstić information content (AvgIpc) is 2.88. The molecule has 108 valence electrons. The van der Waals surface area contributed by atoms with Crippen LogP contribution in [0.5, 0.6) is 0 Å². The largest absolute Gasteiger partial charge is 0.407 e. The van der Waals surface area contributed by atoms with Gasteiger partial charge in [0.25, 0.3) is 0 Å². The third kappa shape index (κ3) is 4.49. The lowest BCUT2D eigenvalue weighted by atomic mass is 9.85. The maximum atomic E-state index is 5.59. The standard InChI is InChI=1S/C14H26N4O/c1-3-9-15-10-13-17-18-14(19-13)16-12-7-5-11(4-2)6-8-12/h11-12,15H,3-10H2,1-2H3,(H,16,18). The van der Waals surface area contributed by atoms with Gasteiger partial charge in [0.1, 0.15) is 0 Å². The normalized spacial score (nSPS) is 23.5. The monoisotopic (exact) mass is 266 g/mol. The molecule has 5 heteroatoms. The quantitative estimate of drug-likeness (QED) is 0.743. The Hall–Kier alpha value is -1.10. The van der Waals surface area contributed by atoms with Crippen LogP contribution in [0.25, 0.3) is 0 Å². The molecule has 1 fully saturated rings. The van der Waals surface area contributed by atoms with E-state index in [9.17, 15) is 0 Å². The fourth-order valence-electron chi connectivity index (χ4n) is 2.65. The van der Waals surface area contributed by atoms with Crippen molar-refractivity contribution in [1.82, 2.24) is 15.5 Å². The SMILES string of the molecule is CCCNCc1nnc(NC2CCC(CC)CC2)o1. The second-order valence-corrected chi connectivity index (χ2v) is 5.45. The Kier molecular flexibility index (Phi) is 5.63. The van der Waals surface area contributed by atoms with E-state index in [0.717, 1.165) is 18.9 Å². The lowest BCUT2D eigenvalue weighted by molar-refractivity contribution is 0.326. The number of rotatable bonds is 7. The molecule has 0 spiro atoms. The zero-order chi connectivity index (χ0) is 13.5. The van der Waals surface area contributed by atoms with Gasteiger partial charge in [0.05, 0.1) is 6.54 Å². The van der Waals surface area contributed by atoms with Gasteiger partial charge in [-0.2, -0.15) is 0 Å². The summed E-state index contributed by atoms with van der Waals surface area (Å²) in [6.07, 6.45) is 7.47. The molecule has 1 aliphatic rings. The average molecular weight is 266 g/mol. The second kappa shape index (κ2) is 7.48. The van der Waals surface area contributed by atoms with E-state index in [1.165, 1.54) is 32.1 Å². The molecular weight excluding hydrogens is 240 g/mol. The van der Waals surface area contributed by atoms with Crippen LogP contribution in [-0.2, 0) is 6.54 Å². The van der Waals surface area contributed by atoms with Crippen molar-refractivity contribution in [3.05, 3.63) is 5.89 Å². The van der Waals surface area contributed by atoms with Gasteiger partial charge in [-0.3, -0.25) is 0 Å². The molecule has 0 aromatic carbocycles. The first kappa shape index (κ1) is 14.3. The van der Waals surface area contributed by atoms with Gasteiger partial charge in [0, 0.05) is 6.04 Å². The molecule has 19 heavy (non-hydrogen) atoms. The van der Waals surface area contributed by atoms with Crippen molar-refractivity contribution in [1.29, 1.82) is 0 Å². The lowest BCUT2D eigenvalue weighted by Crippen LogP contribution is -2.26. The molecule has 0 radical (unpaired) electrons. The molecular formula is C14H26N4O. The van der Waals surface area contributed by atoms with Crippen LogP contribution in [0.15, 0.2) is 4.42 Å². The van der Waals surface area contributed by atoms with E-state index in [-0.39, 0.29) is 0 Å². The molecule has 1 aromatic heterocycles. The Balaban J connectivity index is 1.74. The molecule has 2 N–H and O–H groups in total. The van der Waals surface area contributed by atoms with Crippen LogP contribution in [-0.4, -0.2) is 22.8 Å². The minimum Gasteiger partial charge on any atom is -0.407 e. The summed E-state index contributed by atoms with van der Waals surface area (Å²) in [4.78, 5) is 0. The van der Waals surface area contributed by atoms with Crippen LogP contribution in [0.1, 0.15) is 58.3 Å². The fraction of sp³-hybridized carbons (Fsp3) is 0.857. The smallest absolute Gasteiger partial charge is 0.315 e. The highest BCUT2D eigenvalue weighted by Gasteiger charge is 2.21. The third-order valence-electron chi connectivity index (χ3n) is 3.92. The summed E-state index contributed by atoms with van der Waals surface area (Å²) >= 11 is 0. The van der Waals surface area contributed by atoms with Crippen molar-refractivity contribution in [2.75, 3.05) is 11.9 Å². The first-order valence-corrected chi connectivity index (χ1v) is 7.61. The molecule has 1 aliphatic carbocycles. The summed E-state index contributed by atoms with van der Waals surface area (Å²) in [6.45, 7) is 6.06. The number of nitrogens with zero attached hydrogens (tertiary/aromatic N) is 2. The predicted molar refractivity (Wildman–Crippen MR) is 76.0 cm³/mol. The number of anilines is 1. The highest BCUT2D eigenvalue weighted by Crippen LogP contribution is 2.28. The van der Waals surface area contributed by atoms with Gasteiger partial charge >= 0.3 is 6.01 Å². The molecule has 0 unspecified atom stereocenters. The van der Waals surface area contributed by atoms with E-state index in [1.54, 1.807) is 0 Å². The summed E-state index contributed by atoms with van der Waals surface area (Å²) in [5, 5.41) is 14.7. The van der Waals surface area contributed by atoms with Gasteiger partial charge in [-0.1, -0.05) is 25.4 Å². The van der Waals surface area contributed by atoms with E-state index in [1.807, 2.05) is 0 Å². The van der Waals surface area contributed by atoms with Gasteiger partial charge in [0.2, 0.25) is 5.89 Å². The molecule has 1 saturated carbocycles. The summed E-state index contributed by atoms with van der Waals surface area (Å²) in [5.74, 6) is 1.58. The maximum absolute atomic E-state index is 5.59. The highest BCUT2D eigenvalue weighted by atomic mass is 16.4. The predicted octanol–water partition coefficient (Wildman–Crippen LogP) is 2.95. The van der Waals surface area contributed by atoms with Crippen LogP contribution in [0.4, 0.5) is 6.01 Å². The van der Waals surface area contributed by atoms with E-state index in [2.05, 4.69) is 34.7 Å². The zero-order valence-corrected chi connectivity index (χ0v) is 12.1. The molecule has 0 bridgehead atoms. The lowest BCUT2D eigenvalue weighted by Gasteiger charge is -2.27. The topological polar surface area (TPSA) is 63.0 Å². The van der Waals surface area contributed by atoms with Crippen molar-refractivity contribution < 1.29 is 4.42 Å². The highest BCUT2D eigenvalue weighted by molar-refractivity contribution is 5.19. The molecule has 0 aliphatic heterocycles. The molecule has 0 amide bonds. The summed E-state index contributed by atoms with van der Waals surface area (Å²) in [6, 6.07) is 1.08. The van der Waals surface area contributed by atoms with Gasteiger partial charge in [-0.15, -0.1) is 5.10 Å². The Bertz CT molecular complexity index is 358. The van der Waals surface area contributed by atoms with Crippen molar-refractivity contribution in [2.24, 2.45) is 5.92 Å². The molecule has 0 atom stereocenters. The molecule has 0 saturated heterocycles. The van der Waals surface area contributed by atoms with E-state index in [4.69, 9.17) is 4.42 Å². The van der Waals surface area contributed by atoms with Crippen LogP contribution in [0.3, 0.4) is 0 Å². The summed E-state index contributed by atoms with van der Waals surface area (Å²) < 4.78 is 5.59. The van der Waals surface area contributed by atoms with E-state index < -0.39 is 0 Å². The van der Waals surface area contributed by atoms with Crippen LogP contribution in [0, 0.1) is 5.92 Å². The minimum atomic E-state index is 0.500. The third-order valence-corrected chi connectivity index (χ3v) is 3.92. The second-order valence-electron chi connectivity index (χ2n) is 5.45. The van der Waals surface area contributed by atoms with Gasteiger partial charge in [0.15, 0.2) is 0 Å². The van der Waals surface area contributed by atoms with Crippen molar-refractivity contribution in [3.8, 4) is 0 Å². The van der Waals surface area contributed by atoms with Gasteiger partial charge in [-0.05, 0) is 44.6 Å². The number of nitrogens with one attached hydrogen (secondary N) is 2. The van der Waals surface area contributed by atoms with E-state index >= 15 is 0 Å². The molecule has 5 nitrogen and oxygen atoms in total. The summed E-state index contributed by atoms with van der Waals surface area (Å²) in [5.41, 5.74) is 0. The minimum absolute atomic E-state index is 0.500. The van der Waals surface area contributed by atoms with Gasteiger partial charge < -0.3 is 15.1 Å². The van der Waals surface area contributed by atoms with E-state index in [0.29, 0.717) is 24.5 Å². The Morgan fingerprint density at radius 2 is 1.95 bits per heavy atom. The maximum Gasteiger partial charge on any atom is 0.315 e.